The molecule has 0 bridgehead atoms. The van der Waals surface area contributed by atoms with Crippen LogP contribution in [-0.2, 0) is 14.3 Å². The second-order valence-electron chi connectivity index (χ2n) is 10.6. The molecule has 0 amide bonds. The zero-order valence-corrected chi connectivity index (χ0v) is 27.7. The fourth-order valence-corrected chi connectivity index (χ4v) is 5.07. The van der Waals surface area contributed by atoms with Crippen LogP contribution in [0.4, 0.5) is 5.00 Å². The SMILES string of the molecule is CC.CC1CCC(C=O)CC1.CCCN(CO)CCC(C)c1cc(C(=O)OC)c(NC(C)C)s1.COC(C)C. The molecule has 1 aliphatic rings. The van der Waals surface area contributed by atoms with Gasteiger partial charge in [0.25, 0.3) is 0 Å². The molecule has 0 aromatic carbocycles. The number of esters is 1. The molecule has 230 valence electrons. The molecule has 1 saturated carbocycles. The van der Waals surface area contributed by atoms with E-state index in [0.29, 0.717) is 23.5 Å². The number of nitrogens with one attached hydrogen (secondary N) is 1. The van der Waals surface area contributed by atoms with Gasteiger partial charge in [0.2, 0.25) is 0 Å². The monoisotopic (exact) mass is 572 g/mol. The van der Waals surface area contributed by atoms with Crippen molar-refractivity contribution >= 4 is 28.6 Å². The molecule has 0 spiro atoms. The summed E-state index contributed by atoms with van der Waals surface area (Å²) in [6, 6.07) is 2.20. The molecule has 1 heterocycles. The minimum atomic E-state index is -0.300. The second-order valence-corrected chi connectivity index (χ2v) is 11.7. The van der Waals surface area contributed by atoms with Crippen LogP contribution in [0.15, 0.2) is 6.07 Å². The predicted octanol–water partition coefficient (Wildman–Crippen LogP) is 7.59. The number of aliphatic hydroxyl groups excluding tert-OH is 1. The standard InChI is InChI=1S/C17H30N2O3S.C8H14O.C4H10O.C2H6/c1-6-8-19(11-20)9-7-13(4)15-10-14(17(21)22-5)16(23-15)18-12(2)3;1-7-2-4-8(6-9)5-3-7;1-4(2)5-3;1-2/h10,12-13,18,20H,6-9,11H2,1-5H3;6-8H,2-5H2,1H3;4H,1-3H3;1-2H3. The number of carbonyl (C=O) groups is 2. The smallest absolute Gasteiger partial charge is 0.340 e. The first-order valence-electron chi connectivity index (χ1n) is 14.8. The van der Waals surface area contributed by atoms with Gasteiger partial charge in [-0.25, -0.2) is 4.79 Å². The Morgan fingerprint density at radius 3 is 2.10 bits per heavy atom. The maximum atomic E-state index is 12.0. The van der Waals surface area contributed by atoms with Gasteiger partial charge in [0, 0.05) is 37.0 Å². The summed E-state index contributed by atoms with van der Waals surface area (Å²) in [5.74, 6) is 1.28. The summed E-state index contributed by atoms with van der Waals surface area (Å²) in [6.45, 7) is 20.5. The minimum absolute atomic E-state index is 0.0958. The molecule has 2 N–H and O–H groups in total. The van der Waals surface area contributed by atoms with Crippen molar-refractivity contribution in [1.82, 2.24) is 4.90 Å². The summed E-state index contributed by atoms with van der Waals surface area (Å²) in [6.07, 6.45) is 8.25. The van der Waals surface area contributed by atoms with Gasteiger partial charge < -0.3 is 24.7 Å². The number of hydrogen-bond acceptors (Lipinski definition) is 8. The van der Waals surface area contributed by atoms with Crippen LogP contribution in [0, 0.1) is 11.8 Å². The predicted molar refractivity (Wildman–Crippen MR) is 167 cm³/mol. The lowest BCUT2D eigenvalue weighted by atomic mass is 9.84. The van der Waals surface area contributed by atoms with Crippen molar-refractivity contribution in [3.63, 3.8) is 0 Å². The Morgan fingerprint density at radius 1 is 1.13 bits per heavy atom. The third-order valence-corrected chi connectivity index (χ3v) is 7.70. The van der Waals surface area contributed by atoms with Crippen molar-refractivity contribution < 1.29 is 24.2 Å². The van der Waals surface area contributed by atoms with Gasteiger partial charge in [-0.3, -0.25) is 4.90 Å². The lowest BCUT2D eigenvalue weighted by Gasteiger charge is -2.21. The quantitative estimate of drug-likeness (QED) is 0.152. The Balaban J connectivity index is 0. The molecule has 1 aromatic heterocycles. The average molecular weight is 573 g/mol. The van der Waals surface area contributed by atoms with Gasteiger partial charge >= 0.3 is 5.97 Å². The normalized spacial score (nSPS) is 17.2. The van der Waals surface area contributed by atoms with Crippen molar-refractivity contribution in [2.24, 2.45) is 11.8 Å². The molecular formula is C31H60N2O5S. The van der Waals surface area contributed by atoms with E-state index < -0.39 is 0 Å². The molecule has 0 radical (unpaired) electrons. The van der Waals surface area contributed by atoms with Crippen LogP contribution in [0.2, 0.25) is 0 Å². The summed E-state index contributed by atoms with van der Waals surface area (Å²) in [4.78, 5) is 25.4. The van der Waals surface area contributed by atoms with Gasteiger partial charge in [0.15, 0.2) is 0 Å². The van der Waals surface area contributed by atoms with E-state index in [1.165, 1.54) is 24.8 Å². The highest BCUT2D eigenvalue weighted by molar-refractivity contribution is 7.16. The fourth-order valence-electron chi connectivity index (χ4n) is 3.79. The Bertz CT molecular complexity index is 731. The van der Waals surface area contributed by atoms with Gasteiger partial charge in [-0.15, -0.1) is 11.3 Å². The first kappa shape index (κ1) is 39.7. The van der Waals surface area contributed by atoms with E-state index in [4.69, 9.17) is 9.47 Å². The van der Waals surface area contributed by atoms with E-state index in [1.807, 2.05) is 52.5 Å². The minimum Gasteiger partial charge on any atom is -0.465 e. The number of ether oxygens (including phenoxy) is 2. The number of anilines is 1. The molecule has 2 rings (SSSR count). The van der Waals surface area contributed by atoms with Crippen LogP contribution in [-0.4, -0.2) is 68.4 Å². The molecule has 7 nitrogen and oxygen atoms in total. The molecule has 39 heavy (non-hydrogen) atoms. The van der Waals surface area contributed by atoms with Crippen molar-refractivity contribution in [3.05, 3.63) is 16.5 Å². The summed E-state index contributed by atoms with van der Waals surface area (Å²) in [7, 11) is 3.11. The highest BCUT2D eigenvalue weighted by atomic mass is 32.1. The number of thiophene rings is 1. The molecule has 1 unspecified atom stereocenters. The zero-order valence-electron chi connectivity index (χ0n) is 26.8. The molecule has 1 aliphatic carbocycles. The van der Waals surface area contributed by atoms with Crippen molar-refractivity contribution in [2.75, 3.05) is 39.4 Å². The third kappa shape index (κ3) is 18.5. The molecule has 1 fully saturated rings. The largest absolute Gasteiger partial charge is 0.465 e. The second kappa shape index (κ2) is 24.3. The van der Waals surface area contributed by atoms with Crippen molar-refractivity contribution in [3.8, 4) is 0 Å². The van der Waals surface area contributed by atoms with E-state index in [9.17, 15) is 14.7 Å². The zero-order chi connectivity index (χ0) is 30.4. The van der Waals surface area contributed by atoms with Crippen LogP contribution in [0.3, 0.4) is 0 Å². The first-order chi connectivity index (χ1) is 18.5. The topological polar surface area (TPSA) is 88.1 Å². The molecule has 0 aliphatic heterocycles. The summed E-state index contributed by atoms with van der Waals surface area (Å²) >= 11 is 1.62. The first-order valence-corrected chi connectivity index (χ1v) is 15.6. The van der Waals surface area contributed by atoms with Gasteiger partial charge in [-0.1, -0.05) is 47.5 Å². The van der Waals surface area contributed by atoms with E-state index in [2.05, 4.69) is 26.1 Å². The maximum absolute atomic E-state index is 12.0. The molecule has 1 aromatic rings. The van der Waals surface area contributed by atoms with Crippen LogP contribution in [0.5, 0.6) is 0 Å². The lowest BCUT2D eigenvalue weighted by Crippen LogP contribution is -2.27. The molecule has 8 heteroatoms. The summed E-state index contributed by atoms with van der Waals surface area (Å²) in [5, 5.41) is 13.6. The van der Waals surface area contributed by atoms with Crippen LogP contribution in [0.1, 0.15) is 122 Å². The van der Waals surface area contributed by atoms with E-state index >= 15 is 0 Å². The van der Waals surface area contributed by atoms with Gasteiger partial charge in [-0.2, -0.15) is 0 Å². The molecular weight excluding hydrogens is 512 g/mol. The fraction of sp³-hybridized carbons (Fsp3) is 0.806. The Hall–Kier alpha value is -1.48. The Morgan fingerprint density at radius 2 is 1.69 bits per heavy atom. The van der Waals surface area contributed by atoms with E-state index in [0.717, 1.165) is 56.0 Å². The Kier molecular flexibility index (Phi) is 24.7. The highest BCUT2D eigenvalue weighted by Gasteiger charge is 2.20. The summed E-state index contributed by atoms with van der Waals surface area (Å²) in [5.41, 5.74) is 0.612. The van der Waals surface area contributed by atoms with Gasteiger partial charge in [0.05, 0.1) is 25.5 Å². The lowest BCUT2D eigenvalue weighted by molar-refractivity contribution is -0.112. The van der Waals surface area contributed by atoms with E-state index in [-0.39, 0.29) is 18.7 Å². The van der Waals surface area contributed by atoms with Crippen LogP contribution in [0.25, 0.3) is 0 Å². The Labute approximate surface area is 244 Å². The summed E-state index contributed by atoms with van der Waals surface area (Å²) < 4.78 is 9.64. The van der Waals surface area contributed by atoms with Crippen LogP contribution >= 0.6 is 11.3 Å². The number of methoxy groups -OCH3 is 2. The number of aldehydes is 1. The van der Waals surface area contributed by atoms with E-state index in [1.54, 1.807) is 18.4 Å². The number of rotatable bonds is 12. The number of carbonyl (C=O) groups excluding carboxylic acids is 2. The number of aliphatic hydroxyl groups is 1. The van der Waals surface area contributed by atoms with Crippen molar-refractivity contribution in [2.45, 2.75) is 119 Å². The maximum Gasteiger partial charge on any atom is 0.340 e. The molecule has 0 saturated heterocycles. The number of hydrogen-bond donors (Lipinski definition) is 2. The molecule has 1 atom stereocenters. The van der Waals surface area contributed by atoms with Crippen LogP contribution < -0.4 is 5.32 Å². The van der Waals surface area contributed by atoms with Gasteiger partial charge in [-0.05, 0) is 71.3 Å². The highest BCUT2D eigenvalue weighted by Crippen LogP contribution is 2.35. The third-order valence-electron chi connectivity index (χ3n) is 6.40. The van der Waals surface area contributed by atoms with Crippen molar-refractivity contribution in [1.29, 1.82) is 0 Å². The average Bonchev–Trinajstić information content (AvgIpc) is 3.35. The van der Waals surface area contributed by atoms with Gasteiger partial charge in [0.1, 0.15) is 11.3 Å². The number of nitrogens with zero attached hydrogens (tertiary/aromatic N) is 1.